The van der Waals surface area contributed by atoms with Crippen LogP contribution in [0, 0.1) is 6.92 Å². The van der Waals surface area contributed by atoms with Gasteiger partial charge >= 0.3 is 5.97 Å². The summed E-state index contributed by atoms with van der Waals surface area (Å²) in [7, 11) is 0. The highest BCUT2D eigenvalue weighted by molar-refractivity contribution is 8.02. The summed E-state index contributed by atoms with van der Waals surface area (Å²) in [5, 5.41) is 8.51. The van der Waals surface area contributed by atoms with E-state index in [9.17, 15) is 4.79 Å². The molecule has 1 rings (SSSR count). The number of hydrogen-bond donors (Lipinski definition) is 1. The maximum absolute atomic E-state index is 10.8. The largest absolute Gasteiger partial charge is 0.480 e. The summed E-state index contributed by atoms with van der Waals surface area (Å²) >= 11 is 2.55. The first-order valence-electron chi connectivity index (χ1n) is 4.33. The second-order valence-electron chi connectivity index (χ2n) is 2.84. The second-order valence-corrected chi connectivity index (χ2v) is 5.04. The molecule has 0 saturated heterocycles. The SMILES string of the molecule is CCCC(Sc1nc(C)ns1)C(=O)O. The van der Waals surface area contributed by atoms with Crippen molar-refractivity contribution in [2.75, 3.05) is 0 Å². The van der Waals surface area contributed by atoms with Crippen LogP contribution in [0.3, 0.4) is 0 Å². The summed E-state index contributed by atoms with van der Waals surface area (Å²) in [5.41, 5.74) is 0. The Balaban J connectivity index is 2.59. The van der Waals surface area contributed by atoms with Crippen LogP contribution in [-0.2, 0) is 4.79 Å². The number of aryl methyl sites for hydroxylation is 1. The normalized spacial score (nSPS) is 12.7. The van der Waals surface area contributed by atoms with Crippen molar-refractivity contribution in [1.29, 1.82) is 0 Å². The molecule has 0 aromatic carbocycles. The Morgan fingerprint density at radius 3 is 2.86 bits per heavy atom. The molecular weight excluding hydrogens is 220 g/mol. The van der Waals surface area contributed by atoms with E-state index in [0.717, 1.165) is 10.8 Å². The zero-order chi connectivity index (χ0) is 10.6. The number of carboxylic acid groups (broad SMARTS) is 1. The molecule has 1 aromatic rings. The van der Waals surface area contributed by atoms with Crippen molar-refractivity contribution >= 4 is 29.3 Å². The predicted molar refractivity (Wildman–Crippen MR) is 56.8 cm³/mol. The van der Waals surface area contributed by atoms with Gasteiger partial charge in [0.1, 0.15) is 11.1 Å². The van der Waals surface area contributed by atoms with Crippen LogP contribution in [-0.4, -0.2) is 25.7 Å². The summed E-state index contributed by atoms with van der Waals surface area (Å²) < 4.78 is 4.75. The lowest BCUT2D eigenvalue weighted by Crippen LogP contribution is -2.15. The molecule has 78 valence electrons. The van der Waals surface area contributed by atoms with Crippen molar-refractivity contribution in [2.45, 2.75) is 36.3 Å². The summed E-state index contributed by atoms with van der Waals surface area (Å²) in [6.07, 6.45) is 1.53. The van der Waals surface area contributed by atoms with E-state index in [1.54, 1.807) is 6.92 Å². The quantitative estimate of drug-likeness (QED) is 0.788. The van der Waals surface area contributed by atoms with E-state index in [-0.39, 0.29) is 0 Å². The lowest BCUT2D eigenvalue weighted by molar-refractivity contribution is -0.136. The van der Waals surface area contributed by atoms with Crippen LogP contribution in [0.4, 0.5) is 0 Å². The monoisotopic (exact) mass is 232 g/mol. The summed E-state index contributed by atoms with van der Waals surface area (Å²) in [6, 6.07) is 0. The second kappa shape index (κ2) is 5.31. The van der Waals surface area contributed by atoms with Gasteiger partial charge in [0, 0.05) is 0 Å². The fourth-order valence-electron chi connectivity index (χ4n) is 0.943. The fraction of sp³-hybridized carbons (Fsp3) is 0.625. The van der Waals surface area contributed by atoms with Crippen molar-refractivity contribution in [2.24, 2.45) is 0 Å². The van der Waals surface area contributed by atoms with Gasteiger partial charge in [-0.25, -0.2) is 4.98 Å². The van der Waals surface area contributed by atoms with E-state index in [2.05, 4.69) is 9.36 Å². The van der Waals surface area contributed by atoms with Gasteiger partial charge in [0.15, 0.2) is 4.34 Å². The van der Waals surface area contributed by atoms with E-state index in [1.165, 1.54) is 23.3 Å². The van der Waals surface area contributed by atoms with E-state index in [0.29, 0.717) is 12.2 Å². The van der Waals surface area contributed by atoms with Crippen LogP contribution in [0.1, 0.15) is 25.6 Å². The van der Waals surface area contributed by atoms with Crippen LogP contribution >= 0.6 is 23.3 Å². The van der Waals surface area contributed by atoms with Crippen LogP contribution in [0.15, 0.2) is 4.34 Å². The van der Waals surface area contributed by atoms with Gasteiger partial charge in [-0.05, 0) is 24.9 Å². The number of thioether (sulfide) groups is 1. The van der Waals surface area contributed by atoms with Crippen LogP contribution < -0.4 is 0 Å². The molecular formula is C8H12N2O2S2. The molecule has 1 aromatic heterocycles. The molecule has 0 aliphatic rings. The zero-order valence-electron chi connectivity index (χ0n) is 8.06. The minimum atomic E-state index is -0.773. The first-order valence-corrected chi connectivity index (χ1v) is 5.98. The van der Waals surface area contributed by atoms with Crippen molar-refractivity contribution in [3.05, 3.63) is 5.82 Å². The van der Waals surface area contributed by atoms with Gasteiger partial charge in [-0.3, -0.25) is 4.79 Å². The molecule has 1 heterocycles. The lowest BCUT2D eigenvalue weighted by Gasteiger charge is -2.07. The van der Waals surface area contributed by atoms with Crippen molar-refractivity contribution < 1.29 is 9.90 Å². The van der Waals surface area contributed by atoms with Gasteiger partial charge in [-0.1, -0.05) is 25.1 Å². The fourth-order valence-corrected chi connectivity index (χ4v) is 2.88. The third kappa shape index (κ3) is 3.26. The first-order chi connectivity index (χ1) is 6.63. The maximum Gasteiger partial charge on any atom is 0.317 e. The van der Waals surface area contributed by atoms with Crippen LogP contribution in [0.2, 0.25) is 0 Å². The lowest BCUT2D eigenvalue weighted by atomic mass is 10.2. The number of nitrogens with zero attached hydrogens (tertiary/aromatic N) is 2. The Bertz CT molecular complexity index is 314. The van der Waals surface area contributed by atoms with E-state index < -0.39 is 11.2 Å². The smallest absolute Gasteiger partial charge is 0.317 e. The zero-order valence-corrected chi connectivity index (χ0v) is 9.69. The topological polar surface area (TPSA) is 63.1 Å². The Kier molecular flexibility index (Phi) is 4.34. The van der Waals surface area contributed by atoms with Crippen LogP contribution in [0.25, 0.3) is 0 Å². The molecule has 4 nitrogen and oxygen atoms in total. The van der Waals surface area contributed by atoms with Crippen molar-refractivity contribution in [3.63, 3.8) is 0 Å². The number of carboxylic acids is 1. The maximum atomic E-state index is 10.8. The van der Waals surface area contributed by atoms with Crippen molar-refractivity contribution in [1.82, 2.24) is 9.36 Å². The van der Waals surface area contributed by atoms with Crippen molar-refractivity contribution in [3.8, 4) is 0 Å². The third-order valence-corrected chi connectivity index (χ3v) is 3.71. The molecule has 0 radical (unpaired) electrons. The molecule has 1 atom stereocenters. The van der Waals surface area contributed by atoms with E-state index in [1.807, 2.05) is 6.92 Å². The summed E-state index contributed by atoms with van der Waals surface area (Å²) in [4.78, 5) is 15.0. The molecule has 0 aliphatic heterocycles. The molecule has 6 heteroatoms. The van der Waals surface area contributed by atoms with Gasteiger partial charge < -0.3 is 5.11 Å². The molecule has 0 saturated carbocycles. The standard InChI is InChI=1S/C8H12N2O2S2/c1-3-4-6(7(11)12)13-8-9-5(2)10-14-8/h6H,3-4H2,1-2H3,(H,11,12). The van der Waals surface area contributed by atoms with Gasteiger partial charge in [0.25, 0.3) is 0 Å². The molecule has 1 unspecified atom stereocenters. The Morgan fingerprint density at radius 2 is 2.43 bits per heavy atom. The van der Waals surface area contributed by atoms with Gasteiger partial charge in [-0.2, -0.15) is 4.37 Å². The Hall–Kier alpha value is -0.620. The highest BCUT2D eigenvalue weighted by Crippen LogP contribution is 2.27. The van der Waals surface area contributed by atoms with Crippen LogP contribution in [0.5, 0.6) is 0 Å². The van der Waals surface area contributed by atoms with E-state index in [4.69, 9.17) is 5.11 Å². The molecule has 0 bridgehead atoms. The third-order valence-electron chi connectivity index (χ3n) is 1.58. The minimum Gasteiger partial charge on any atom is -0.480 e. The number of rotatable bonds is 5. The molecule has 14 heavy (non-hydrogen) atoms. The number of carbonyl (C=O) groups is 1. The van der Waals surface area contributed by atoms with E-state index >= 15 is 0 Å². The molecule has 0 spiro atoms. The highest BCUT2D eigenvalue weighted by Gasteiger charge is 2.19. The summed E-state index contributed by atoms with van der Waals surface area (Å²) in [6.45, 7) is 3.78. The Morgan fingerprint density at radius 1 is 1.71 bits per heavy atom. The van der Waals surface area contributed by atoms with Gasteiger partial charge in [-0.15, -0.1) is 0 Å². The average molecular weight is 232 g/mol. The first kappa shape index (κ1) is 11.5. The molecule has 0 aliphatic carbocycles. The van der Waals surface area contributed by atoms with Gasteiger partial charge in [0.05, 0.1) is 0 Å². The van der Waals surface area contributed by atoms with Gasteiger partial charge in [0.2, 0.25) is 0 Å². The Labute approximate surface area is 90.9 Å². The number of hydrogen-bond acceptors (Lipinski definition) is 5. The number of aliphatic carboxylic acids is 1. The highest BCUT2D eigenvalue weighted by atomic mass is 32.2. The molecule has 0 fully saturated rings. The summed E-state index contributed by atoms with van der Waals surface area (Å²) in [5.74, 6) is -0.0668. The molecule has 0 amide bonds. The number of aromatic nitrogens is 2. The average Bonchev–Trinajstić information content (AvgIpc) is 2.50. The molecule has 1 N–H and O–H groups in total. The predicted octanol–water partition coefficient (Wildman–Crippen LogP) is 2.19. The minimum absolute atomic E-state index is 0.396.